The van der Waals surface area contributed by atoms with Gasteiger partial charge in [0, 0.05) is 25.3 Å². The molecule has 34 heavy (non-hydrogen) atoms. The summed E-state index contributed by atoms with van der Waals surface area (Å²) in [5, 5.41) is 2.85. The highest BCUT2D eigenvalue weighted by molar-refractivity contribution is 7.85. The minimum absolute atomic E-state index is 0.136. The molecule has 1 N–H and O–H groups in total. The maximum Gasteiger partial charge on any atom is 0.259 e. The number of halogens is 1. The van der Waals surface area contributed by atoms with Crippen LogP contribution in [0, 0.1) is 5.82 Å². The fourth-order valence-corrected chi connectivity index (χ4v) is 5.10. The maximum atomic E-state index is 13.6. The van der Waals surface area contributed by atoms with E-state index in [9.17, 15) is 18.2 Å². The summed E-state index contributed by atoms with van der Waals surface area (Å²) in [6.07, 6.45) is 0.680. The topological polar surface area (TPSA) is 75.7 Å². The van der Waals surface area contributed by atoms with Gasteiger partial charge < -0.3 is 15.0 Å². The fraction of sp³-hybridized carbons (Fsp3) is 0.231. The van der Waals surface area contributed by atoms with Gasteiger partial charge in [0.15, 0.2) is 0 Å². The summed E-state index contributed by atoms with van der Waals surface area (Å²) in [6, 6.07) is 17.5. The Kier molecular flexibility index (Phi) is 7.49. The van der Waals surface area contributed by atoms with Crippen molar-refractivity contribution >= 4 is 28.3 Å². The van der Waals surface area contributed by atoms with Crippen LogP contribution in [0.2, 0.25) is 0 Å². The van der Waals surface area contributed by atoms with Gasteiger partial charge in [0.2, 0.25) is 0 Å². The molecular formula is C26H25FN2O4S. The lowest BCUT2D eigenvalue weighted by molar-refractivity contribution is 0.0941. The smallest absolute Gasteiger partial charge is 0.259 e. The highest BCUT2D eigenvalue weighted by atomic mass is 32.2. The van der Waals surface area contributed by atoms with E-state index in [0.29, 0.717) is 58.3 Å². The first kappa shape index (κ1) is 23.8. The summed E-state index contributed by atoms with van der Waals surface area (Å²) < 4.78 is 32.2. The number of benzene rings is 3. The highest BCUT2D eigenvalue weighted by Crippen LogP contribution is 2.36. The van der Waals surface area contributed by atoms with E-state index >= 15 is 0 Å². The Morgan fingerprint density at radius 1 is 1.06 bits per heavy atom. The van der Waals surface area contributed by atoms with Crippen LogP contribution in [0.25, 0.3) is 0 Å². The number of nitrogens with one attached hydrogen (secondary N) is 1. The van der Waals surface area contributed by atoms with Crippen LogP contribution < -0.4 is 10.2 Å². The van der Waals surface area contributed by atoms with E-state index < -0.39 is 10.8 Å². The van der Waals surface area contributed by atoms with Gasteiger partial charge >= 0.3 is 0 Å². The Balaban J connectivity index is 1.70. The Morgan fingerprint density at radius 3 is 2.59 bits per heavy atom. The van der Waals surface area contributed by atoms with Crippen LogP contribution in [0.3, 0.4) is 0 Å². The zero-order valence-electron chi connectivity index (χ0n) is 18.8. The average Bonchev–Trinajstić information content (AvgIpc) is 2.94. The Labute approximate surface area is 200 Å². The summed E-state index contributed by atoms with van der Waals surface area (Å²) >= 11 is 0. The van der Waals surface area contributed by atoms with Gasteiger partial charge in [-0.2, -0.15) is 0 Å². The molecule has 8 heteroatoms. The standard InChI is InChI=1S/C26H25FN2O4S/c1-2-33-15-5-14-28-25(30)19-10-13-24-22(16-19)29(17-18-8-11-20(27)12-9-18)26(31)21-6-3-4-7-23(21)34(24)32/h3-4,6-13,16H,2,5,14-15,17H2,1H3,(H,28,30)/t34-/m0/s1. The number of ether oxygens (including phenoxy) is 1. The van der Waals surface area contributed by atoms with Crippen molar-refractivity contribution in [1.29, 1.82) is 0 Å². The molecule has 0 spiro atoms. The summed E-state index contributed by atoms with van der Waals surface area (Å²) in [5.74, 6) is -0.997. The average molecular weight is 481 g/mol. The Hall–Kier alpha value is -3.36. The van der Waals surface area contributed by atoms with Gasteiger partial charge in [-0.15, -0.1) is 0 Å². The van der Waals surface area contributed by atoms with E-state index in [1.54, 1.807) is 54.6 Å². The molecule has 0 radical (unpaired) electrons. The van der Waals surface area contributed by atoms with Crippen molar-refractivity contribution in [3.63, 3.8) is 0 Å². The number of amides is 2. The zero-order valence-corrected chi connectivity index (χ0v) is 19.6. The molecule has 0 bridgehead atoms. The van der Waals surface area contributed by atoms with Crippen LogP contribution in [0.1, 0.15) is 39.6 Å². The first-order chi connectivity index (χ1) is 16.5. The normalized spacial score (nSPS) is 14.8. The number of carbonyl (C=O) groups excluding carboxylic acids is 2. The SMILES string of the molecule is CCOCCCNC(=O)c1ccc2c(c1)N(Cc1ccc(F)cc1)C(=O)c1ccccc1[S@@]2=O. The number of rotatable bonds is 8. The third-order valence-corrected chi connectivity index (χ3v) is 6.98. The lowest BCUT2D eigenvalue weighted by atomic mass is 10.1. The van der Waals surface area contributed by atoms with Gasteiger partial charge in [-0.05, 0) is 61.4 Å². The Bertz CT molecular complexity index is 1230. The van der Waals surface area contributed by atoms with Crippen molar-refractivity contribution < 1.29 is 22.9 Å². The van der Waals surface area contributed by atoms with E-state index in [0.717, 1.165) is 0 Å². The quantitative estimate of drug-likeness (QED) is 0.488. The molecule has 1 heterocycles. The molecule has 3 aromatic carbocycles. The van der Waals surface area contributed by atoms with Gasteiger partial charge in [0.1, 0.15) is 5.82 Å². The van der Waals surface area contributed by atoms with E-state index in [-0.39, 0.29) is 24.2 Å². The molecule has 0 saturated heterocycles. The third-order valence-electron chi connectivity index (χ3n) is 5.48. The van der Waals surface area contributed by atoms with Crippen LogP contribution in [-0.2, 0) is 22.1 Å². The molecule has 176 valence electrons. The summed E-state index contributed by atoms with van der Waals surface area (Å²) in [6.45, 7) is 3.67. The van der Waals surface area contributed by atoms with E-state index in [1.165, 1.54) is 17.0 Å². The molecule has 1 atom stereocenters. The predicted molar refractivity (Wildman–Crippen MR) is 128 cm³/mol. The second-order valence-corrected chi connectivity index (χ2v) is 9.19. The van der Waals surface area contributed by atoms with Crippen LogP contribution in [0.4, 0.5) is 10.1 Å². The van der Waals surface area contributed by atoms with Crippen molar-refractivity contribution in [1.82, 2.24) is 5.32 Å². The van der Waals surface area contributed by atoms with E-state index in [1.807, 2.05) is 6.92 Å². The monoisotopic (exact) mass is 480 g/mol. The predicted octanol–water partition coefficient (Wildman–Crippen LogP) is 4.31. The maximum absolute atomic E-state index is 13.6. The van der Waals surface area contributed by atoms with Crippen LogP contribution in [0.5, 0.6) is 0 Å². The van der Waals surface area contributed by atoms with Crippen molar-refractivity contribution in [3.05, 3.63) is 89.2 Å². The van der Waals surface area contributed by atoms with Gasteiger partial charge in [-0.1, -0.05) is 24.3 Å². The van der Waals surface area contributed by atoms with Crippen LogP contribution in [0.15, 0.2) is 76.5 Å². The van der Waals surface area contributed by atoms with Crippen molar-refractivity contribution in [2.45, 2.75) is 29.7 Å². The number of fused-ring (bicyclic) bond motifs is 2. The number of nitrogens with zero attached hydrogens (tertiary/aromatic N) is 1. The van der Waals surface area contributed by atoms with Gasteiger partial charge in [0.25, 0.3) is 11.8 Å². The first-order valence-electron chi connectivity index (χ1n) is 11.1. The minimum Gasteiger partial charge on any atom is -0.382 e. The number of carbonyl (C=O) groups is 2. The minimum atomic E-state index is -1.61. The molecule has 1 aliphatic rings. The lowest BCUT2D eigenvalue weighted by Crippen LogP contribution is -2.31. The zero-order chi connectivity index (χ0) is 24.1. The highest BCUT2D eigenvalue weighted by Gasteiger charge is 2.31. The molecule has 0 aliphatic carbocycles. The molecule has 0 unspecified atom stereocenters. The molecule has 4 rings (SSSR count). The van der Waals surface area contributed by atoms with E-state index in [4.69, 9.17) is 4.74 Å². The second-order valence-electron chi connectivity index (χ2n) is 7.77. The van der Waals surface area contributed by atoms with Gasteiger partial charge in [-0.3, -0.25) is 9.59 Å². The molecule has 6 nitrogen and oxygen atoms in total. The number of anilines is 1. The molecule has 1 aliphatic heterocycles. The second kappa shape index (κ2) is 10.7. The van der Waals surface area contributed by atoms with Crippen molar-refractivity contribution in [2.75, 3.05) is 24.7 Å². The summed E-state index contributed by atoms with van der Waals surface area (Å²) in [5.41, 5.74) is 1.79. The third kappa shape index (κ3) is 5.08. The number of hydrogen-bond acceptors (Lipinski definition) is 4. The molecule has 0 saturated carbocycles. The summed E-state index contributed by atoms with van der Waals surface area (Å²) in [7, 11) is -1.61. The van der Waals surface area contributed by atoms with Crippen molar-refractivity contribution in [3.8, 4) is 0 Å². The fourth-order valence-electron chi connectivity index (χ4n) is 3.76. The van der Waals surface area contributed by atoms with E-state index in [2.05, 4.69) is 5.32 Å². The van der Waals surface area contributed by atoms with Crippen LogP contribution in [-0.4, -0.2) is 35.8 Å². The molecule has 2 amide bonds. The van der Waals surface area contributed by atoms with Gasteiger partial charge in [-0.25, -0.2) is 8.60 Å². The molecule has 0 fully saturated rings. The van der Waals surface area contributed by atoms with Crippen LogP contribution >= 0.6 is 0 Å². The first-order valence-corrected chi connectivity index (χ1v) is 12.2. The molecular weight excluding hydrogens is 455 g/mol. The van der Waals surface area contributed by atoms with Gasteiger partial charge in [0.05, 0.1) is 38.4 Å². The Morgan fingerprint density at radius 2 is 1.82 bits per heavy atom. The number of hydrogen-bond donors (Lipinski definition) is 1. The lowest BCUT2D eigenvalue weighted by Gasteiger charge is -2.23. The van der Waals surface area contributed by atoms with Crippen molar-refractivity contribution in [2.24, 2.45) is 0 Å². The summed E-state index contributed by atoms with van der Waals surface area (Å²) in [4.78, 5) is 28.7. The molecule has 3 aromatic rings. The molecule has 0 aromatic heterocycles. The largest absolute Gasteiger partial charge is 0.382 e.